The highest BCUT2D eigenvalue weighted by Crippen LogP contribution is 2.27. The molecule has 0 saturated carbocycles. The highest BCUT2D eigenvalue weighted by molar-refractivity contribution is 6.15. The molecule has 0 saturated heterocycles. The van der Waals surface area contributed by atoms with Crippen molar-refractivity contribution in [3.8, 4) is 5.69 Å². The minimum absolute atomic E-state index is 0.0884. The quantitative estimate of drug-likeness (QED) is 0.682. The van der Waals surface area contributed by atoms with Crippen LogP contribution in [0.4, 0.5) is 0 Å². The van der Waals surface area contributed by atoms with Gasteiger partial charge in [0.15, 0.2) is 5.78 Å². The maximum atomic E-state index is 12.4. The molecule has 0 atom stereocenters. The second-order valence-corrected chi connectivity index (χ2v) is 5.76. The summed E-state index contributed by atoms with van der Waals surface area (Å²) < 4.78 is 1.72. The zero-order valence-corrected chi connectivity index (χ0v) is 12.7. The number of carbonyl (C=O) groups is 1. The van der Waals surface area contributed by atoms with Gasteiger partial charge in [-0.15, -0.1) is 5.10 Å². The fourth-order valence-electron chi connectivity index (χ4n) is 2.82. The largest absolute Gasteiger partial charge is 0.289 e. The fraction of sp³-hybridized carbons (Fsp3) is 0.105. The molecule has 1 aromatic heterocycles. The summed E-state index contributed by atoms with van der Waals surface area (Å²) in [5.41, 5.74) is 5.49. The van der Waals surface area contributed by atoms with Gasteiger partial charge in [-0.05, 0) is 30.7 Å². The Morgan fingerprint density at radius 3 is 2.65 bits per heavy atom. The van der Waals surface area contributed by atoms with Crippen molar-refractivity contribution >= 4 is 11.9 Å². The predicted octanol–water partition coefficient (Wildman–Crippen LogP) is 3.40. The van der Waals surface area contributed by atoms with Crippen molar-refractivity contribution in [1.82, 2.24) is 15.0 Å². The Labute approximate surface area is 134 Å². The monoisotopic (exact) mass is 301 g/mol. The molecule has 4 heteroatoms. The lowest BCUT2D eigenvalue weighted by molar-refractivity contribution is 0.104. The number of rotatable bonds is 2. The first kappa shape index (κ1) is 13.6. The first-order valence-corrected chi connectivity index (χ1v) is 7.53. The van der Waals surface area contributed by atoms with E-state index in [0.29, 0.717) is 12.1 Å². The minimum atomic E-state index is 0.0884. The van der Waals surface area contributed by atoms with E-state index in [9.17, 15) is 4.79 Å². The molecule has 0 N–H and O–H groups in total. The molecule has 2 aromatic carbocycles. The molecule has 1 heterocycles. The summed E-state index contributed by atoms with van der Waals surface area (Å²) in [5.74, 6) is 0.0884. The van der Waals surface area contributed by atoms with Crippen molar-refractivity contribution in [3.63, 3.8) is 0 Å². The second-order valence-electron chi connectivity index (χ2n) is 5.76. The Kier molecular flexibility index (Phi) is 3.15. The first-order valence-electron chi connectivity index (χ1n) is 7.53. The van der Waals surface area contributed by atoms with Gasteiger partial charge in [-0.1, -0.05) is 47.2 Å². The van der Waals surface area contributed by atoms with E-state index in [4.69, 9.17) is 0 Å². The zero-order valence-electron chi connectivity index (χ0n) is 12.7. The average molecular weight is 301 g/mol. The molecular weight excluding hydrogens is 286 g/mol. The van der Waals surface area contributed by atoms with Gasteiger partial charge >= 0.3 is 0 Å². The Hall–Kier alpha value is -3.01. The lowest BCUT2D eigenvalue weighted by atomic mass is 10.1. The summed E-state index contributed by atoms with van der Waals surface area (Å²) in [6, 6.07) is 15.8. The van der Waals surface area contributed by atoms with Gasteiger partial charge in [0.1, 0.15) is 5.69 Å². The van der Waals surface area contributed by atoms with Crippen LogP contribution >= 0.6 is 0 Å². The van der Waals surface area contributed by atoms with Crippen molar-refractivity contribution in [2.24, 2.45) is 0 Å². The fourth-order valence-corrected chi connectivity index (χ4v) is 2.82. The van der Waals surface area contributed by atoms with Gasteiger partial charge in [0, 0.05) is 17.6 Å². The number of hydrogen-bond donors (Lipinski definition) is 0. The molecule has 0 radical (unpaired) electrons. The zero-order chi connectivity index (χ0) is 15.8. The Morgan fingerprint density at radius 2 is 1.87 bits per heavy atom. The van der Waals surface area contributed by atoms with Gasteiger partial charge in [-0.25, -0.2) is 4.68 Å². The summed E-state index contributed by atoms with van der Waals surface area (Å²) >= 11 is 0. The molecule has 0 unspecified atom stereocenters. The van der Waals surface area contributed by atoms with Crippen LogP contribution in [0.15, 0.2) is 60.3 Å². The van der Waals surface area contributed by atoms with E-state index >= 15 is 0 Å². The van der Waals surface area contributed by atoms with Crippen LogP contribution in [0.3, 0.4) is 0 Å². The number of aryl methyl sites for hydroxylation is 1. The maximum absolute atomic E-state index is 12.4. The number of allylic oxidation sites excluding steroid dienone is 1. The Balaban J connectivity index is 1.64. The van der Waals surface area contributed by atoms with E-state index in [-0.39, 0.29) is 5.78 Å². The van der Waals surface area contributed by atoms with Crippen LogP contribution in [0.25, 0.3) is 11.8 Å². The van der Waals surface area contributed by atoms with Crippen molar-refractivity contribution in [2.45, 2.75) is 13.3 Å². The van der Waals surface area contributed by atoms with Crippen LogP contribution in [0.1, 0.15) is 27.2 Å². The van der Waals surface area contributed by atoms with Gasteiger partial charge in [-0.3, -0.25) is 4.79 Å². The molecule has 4 nitrogen and oxygen atoms in total. The van der Waals surface area contributed by atoms with Crippen LogP contribution in [-0.2, 0) is 6.42 Å². The van der Waals surface area contributed by atoms with Crippen LogP contribution < -0.4 is 0 Å². The van der Waals surface area contributed by atoms with Gasteiger partial charge in [0.05, 0.1) is 11.9 Å². The second kappa shape index (κ2) is 5.32. The third-order valence-corrected chi connectivity index (χ3v) is 4.07. The summed E-state index contributed by atoms with van der Waals surface area (Å²) in [5, 5.41) is 8.30. The summed E-state index contributed by atoms with van der Waals surface area (Å²) in [6.45, 7) is 2.05. The molecule has 23 heavy (non-hydrogen) atoms. The Bertz CT molecular complexity index is 920. The third-order valence-electron chi connectivity index (χ3n) is 4.07. The molecule has 3 aromatic rings. The highest BCUT2D eigenvalue weighted by atomic mass is 16.1. The van der Waals surface area contributed by atoms with Crippen molar-refractivity contribution in [2.75, 3.05) is 0 Å². The van der Waals surface area contributed by atoms with E-state index in [1.807, 2.05) is 67.7 Å². The van der Waals surface area contributed by atoms with Crippen molar-refractivity contribution in [3.05, 3.63) is 82.7 Å². The minimum Gasteiger partial charge on any atom is -0.289 e. The number of fused-ring (bicyclic) bond motifs is 1. The molecule has 0 fully saturated rings. The van der Waals surface area contributed by atoms with Crippen LogP contribution in [0.2, 0.25) is 0 Å². The topological polar surface area (TPSA) is 47.8 Å². The molecule has 0 amide bonds. The van der Waals surface area contributed by atoms with Crippen LogP contribution in [-0.4, -0.2) is 20.8 Å². The van der Waals surface area contributed by atoms with E-state index in [1.165, 1.54) is 5.56 Å². The number of hydrogen-bond acceptors (Lipinski definition) is 3. The van der Waals surface area contributed by atoms with Crippen LogP contribution in [0.5, 0.6) is 0 Å². The van der Waals surface area contributed by atoms with Crippen LogP contribution in [0, 0.1) is 6.92 Å². The molecule has 0 aliphatic heterocycles. The summed E-state index contributed by atoms with van der Waals surface area (Å²) in [6.07, 6.45) is 4.33. The number of benzene rings is 2. The van der Waals surface area contributed by atoms with Gasteiger partial charge < -0.3 is 0 Å². The van der Waals surface area contributed by atoms with Gasteiger partial charge in [0.25, 0.3) is 0 Å². The SMILES string of the molecule is Cc1ccc(-n2cc(/C=C3\Cc4ccccc4C3=O)nn2)cc1. The molecule has 1 aliphatic rings. The van der Waals surface area contributed by atoms with Gasteiger partial charge in [0.2, 0.25) is 0 Å². The molecule has 1 aliphatic carbocycles. The number of nitrogens with zero attached hydrogens (tertiary/aromatic N) is 3. The summed E-state index contributed by atoms with van der Waals surface area (Å²) in [7, 11) is 0. The maximum Gasteiger partial charge on any atom is 0.189 e. The predicted molar refractivity (Wildman–Crippen MR) is 88.5 cm³/mol. The molecular formula is C19H15N3O. The number of carbonyl (C=O) groups excluding carboxylic acids is 1. The van der Waals surface area contributed by atoms with E-state index in [0.717, 1.165) is 22.4 Å². The average Bonchev–Trinajstić information content (AvgIpc) is 3.15. The summed E-state index contributed by atoms with van der Waals surface area (Å²) in [4.78, 5) is 12.4. The standard InChI is InChI=1S/C19H15N3O/c1-13-6-8-17(9-7-13)22-12-16(20-21-22)11-15-10-14-4-2-3-5-18(14)19(15)23/h2-9,11-12H,10H2,1H3/b15-11+. The van der Waals surface area contributed by atoms with E-state index in [2.05, 4.69) is 10.3 Å². The molecule has 4 rings (SSSR count). The highest BCUT2D eigenvalue weighted by Gasteiger charge is 2.24. The molecule has 112 valence electrons. The van der Waals surface area contributed by atoms with Gasteiger partial charge in [-0.2, -0.15) is 0 Å². The Morgan fingerprint density at radius 1 is 1.09 bits per heavy atom. The smallest absolute Gasteiger partial charge is 0.189 e. The number of Topliss-reactive ketones (excluding diaryl/α,β-unsaturated/α-hetero) is 1. The van der Waals surface area contributed by atoms with E-state index < -0.39 is 0 Å². The lowest BCUT2D eigenvalue weighted by Gasteiger charge is -1.99. The number of ketones is 1. The van der Waals surface area contributed by atoms with Crippen molar-refractivity contribution < 1.29 is 4.79 Å². The third kappa shape index (κ3) is 2.48. The molecule has 0 spiro atoms. The lowest BCUT2D eigenvalue weighted by Crippen LogP contribution is -1.95. The molecule has 0 bridgehead atoms. The first-order chi connectivity index (χ1) is 11.2. The van der Waals surface area contributed by atoms with Crippen molar-refractivity contribution in [1.29, 1.82) is 0 Å². The number of aromatic nitrogens is 3. The normalized spacial score (nSPS) is 15.2. The van der Waals surface area contributed by atoms with E-state index in [1.54, 1.807) is 4.68 Å².